The van der Waals surface area contributed by atoms with Gasteiger partial charge in [0.05, 0.1) is 0 Å². The van der Waals surface area contributed by atoms with Crippen LogP contribution in [0.5, 0.6) is 0 Å². The maximum atomic E-state index is 13.1. The second-order valence-corrected chi connectivity index (χ2v) is 7.58. The molecule has 3 unspecified atom stereocenters. The molecule has 4 heteroatoms. The Morgan fingerprint density at radius 2 is 1.70 bits per heavy atom. The molecule has 128 valence electrons. The molecule has 0 radical (unpaired) electrons. The number of fused-ring (bicyclic) bond motifs is 1. The number of carbonyl (C=O) groups excluding carboxylic acids is 2. The number of nitrogens with one attached hydrogen (secondary N) is 1. The highest BCUT2D eigenvalue weighted by Crippen LogP contribution is 2.37. The van der Waals surface area contributed by atoms with E-state index < -0.39 is 0 Å². The number of likely N-dealkylation sites (tertiary alicyclic amines) is 1. The Balaban J connectivity index is 1.72. The van der Waals surface area contributed by atoms with Crippen LogP contribution in [0.15, 0.2) is 12.7 Å². The normalized spacial score (nSPS) is 32.0. The summed E-state index contributed by atoms with van der Waals surface area (Å²) in [5.74, 6) is 1.02. The average Bonchev–Trinajstić information content (AvgIpc) is 2.61. The lowest BCUT2D eigenvalue weighted by Gasteiger charge is -2.48. The Hall–Kier alpha value is -1.32. The summed E-state index contributed by atoms with van der Waals surface area (Å²) in [5, 5.41) is 3.04. The third kappa shape index (κ3) is 3.78. The van der Waals surface area contributed by atoms with Crippen molar-refractivity contribution in [2.24, 2.45) is 11.8 Å². The molecule has 2 amide bonds. The SMILES string of the molecule is C=CC(=O)NC1CC2CCCCC2N(C(=O)C2CCCCC2)C1. The van der Waals surface area contributed by atoms with Gasteiger partial charge in [0.15, 0.2) is 0 Å². The highest BCUT2D eigenvalue weighted by molar-refractivity contribution is 5.87. The van der Waals surface area contributed by atoms with E-state index in [1.807, 2.05) is 0 Å². The summed E-state index contributed by atoms with van der Waals surface area (Å²) >= 11 is 0. The van der Waals surface area contributed by atoms with Crippen molar-refractivity contribution in [2.75, 3.05) is 6.54 Å². The number of hydrogen-bond donors (Lipinski definition) is 1. The average molecular weight is 318 g/mol. The van der Waals surface area contributed by atoms with E-state index in [4.69, 9.17) is 0 Å². The third-order valence-electron chi connectivity index (χ3n) is 6.04. The molecular formula is C19H30N2O2. The Bertz CT molecular complexity index is 456. The van der Waals surface area contributed by atoms with Crippen LogP contribution in [0.4, 0.5) is 0 Å². The van der Waals surface area contributed by atoms with Crippen molar-refractivity contribution < 1.29 is 9.59 Å². The van der Waals surface area contributed by atoms with Gasteiger partial charge in [-0.25, -0.2) is 0 Å². The first kappa shape index (κ1) is 16.5. The summed E-state index contributed by atoms with van der Waals surface area (Å²) in [4.78, 5) is 26.9. The maximum Gasteiger partial charge on any atom is 0.243 e. The Kier molecular flexibility index (Phi) is 5.39. The predicted octanol–water partition coefficient (Wildman–Crippen LogP) is 3.03. The largest absolute Gasteiger partial charge is 0.348 e. The monoisotopic (exact) mass is 318 g/mol. The van der Waals surface area contributed by atoms with E-state index in [1.54, 1.807) is 0 Å². The van der Waals surface area contributed by atoms with Crippen molar-refractivity contribution in [3.63, 3.8) is 0 Å². The molecule has 2 saturated carbocycles. The summed E-state index contributed by atoms with van der Waals surface area (Å²) < 4.78 is 0. The van der Waals surface area contributed by atoms with Crippen LogP contribution in [0, 0.1) is 11.8 Å². The fourth-order valence-corrected chi connectivity index (χ4v) is 4.89. The van der Waals surface area contributed by atoms with E-state index in [1.165, 1.54) is 44.6 Å². The Morgan fingerprint density at radius 3 is 2.43 bits per heavy atom. The summed E-state index contributed by atoms with van der Waals surface area (Å²) in [6.07, 6.45) is 12.9. The van der Waals surface area contributed by atoms with Crippen LogP contribution in [0.25, 0.3) is 0 Å². The Labute approximate surface area is 139 Å². The molecular weight excluding hydrogens is 288 g/mol. The summed E-state index contributed by atoms with van der Waals surface area (Å²) in [6, 6.07) is 0.502. The molecule has 3 rings (SSSR count). The molecule has 0 aromatic carbocycles. The fourth-order valence-electron chi connectivity index (χ4n) is 4.89. The molecule has 0 spiro atoms. The minimum absolute atomic E-state index is 0.0902. The smallest absolute Gasteiger partial charge is 0.243 e. The maximum absolute atomic E-state index is 13.1. The van der Waals surface area contributed by atoms with Crippen LogP contribution in [0.2, 0.25) is 0 Å². The number of rotatable bonds is 3. The van der Waals surface area contributed by atoms with E-state index in [0.717, 1.165) is 25.7 Å². The van der Waals surface area contributed by atoms with Gasteiger partial charge < -0.3 is 10.2 Å². The summed E-state index contributed by atoms with van der Waals surface area (Å²) in [6.45, 7) is 4.23. The minimum Gasteiger partial charge on any atom is -0.348 e. The highest BCUT2D eigenvalue weighted by Gasteiger charge is 2.41. The van der Waals surface area contributed by atoms with E-state index in [2.05, 4.69) is 16.8 Å². The zero-order valence-electron chi connectivity index (χ0n) is 14.1. The van der Waals surface area contributed by atoms with Crippen molar-refractivity contribution in [2.45, 2.75) is 76.3 Å². The molecule has 3 aliphatic rings. The van der Waals surface area contributed by atoms with Gasteiger partial charge in [-0.05, 0) is 44.1 Å². The molecule has 2 aliphatic carbocycles. The summed E-state index contributed by atoms with van der Waals surface area (Å²) in [7, 11) is 0. The van der Waals surface area contributed by atoms with Crippen LogP contribution in [0.3, 0.4) is 0 Å². The second kappa shape index (κ2) is 7.50. The number of hydrogen-bond acceptors (Lipinski definition) is 2. The van der Waals surface area contributed by atoms with E-state index in [0.29, 0.717) is 24.4 Å². The van der Waals surface area contributed by atoms with Crippen molar-refractivity contribution in [1.29, 1.82) is 0 Å². The third-order valence-corrected chi connectivity index (χ3v) is 6.04. The van der Waals surface area contributed by atoms with E-state index in [9.17, 15) is 9.59 Å². The summed E-state index contributed by atoms with van der Waals surface area (Å²) in [5.41, 5.74) is 0. The van der Waals surface area contributed by atoms with Crippen LogP contribution >= 0.6 is 0 Å². The molecule has 0 aromatic heterocycles. The van der Waals surface area contributed by atoms with Gasteiger partial charge in [0.2, 0.25) is 11.8 Å². The van der Waals surface area contributed by atoms with Crippen molar-refractivity contribution >= 4 is 11.8 Å². The van der Waals surface area contributed by atoms with Gasteiger partial charge in [-0.2, -0.15) is 0 Å². The van der Waals surface area contributed by atoms with Crippen molar-refractivity contribution in [3.8, 4) is 0 Å². The molecule has 1 aliphatic heterocycles. The van der Waals surface area contributed by atoms with Gasteiger partial charge in [-0.15, -0.1) is 0 Å². The topological polar surface area (TPSA) is 49.4 Å². The zero-order valence-corrected chi connectivity index (χ0v) is 14.1. The predicted molar refractivity (Wildman–Crippen MR) is 90.8 cm³/mol. The number of nitrogens with zero attached hydrogens (tertiary/aromatic N) is 1. The van der Waals surface area contributed by atoms with Crippen LogP contribution in [-0.4, -0.2) is 35.3 Å². The first-order valence-corrected chi connectivity index (χ1v) is 9.42. The molecule has 1 saturated heterocycles. The van der Waals surface area contributed by atoms with Crippen molar-refractivity contribution in [3.05, 3.63) is 12.7 Å². The molecule has 3 atom stereocenters. The quantitative estimate of drug-likeness (QED) is 0.813. The number of piperidine rings is 1. The van der Waals surface area contributed by atoms with Crippen molar-refractivity contribution in [1.82, 2.24) is 10.2 Å². The molecule has 0 bridgehead atoms. The van der Waals surface area contributed by atoms with Crippen LogP contribution in [0.1, 0.15) is 64.2 Å². The first-order valence-electron chi connectivity index (χ1n) is 9.42. The minimum atomic E-state index is -0.116. The van der Waals surface area contributed by atoms with Crippen LogP contribution in [-0.2, 0) is 9.59 Å². The molecule has 1 heterocycles. The highest BCUT2D eigenvalue weighted by atomic mass is 16.2. The van der Waals surface area contributed by atoms with E-state index in [-0.39, 0.29) is 17.9 Å². The molecule has 4 nitrogen and oxygen atoms in total. The molecule has 1 N–H and O–H groups in total. The number of carbonyl (C=O) groups is 2. The molecule has 23 heavy (non-hydrogen) atoms. The second-order valence-electron chi connectivity index (χ2n) is 7.58. The lowest BCUT2D eigenvalue weighted by Crippen LogP contribution is -2.59. The molecule has 3 fully saturated rings. The number of amides is 2. The standard InChI is InChI=1S/C19H30N2O2/c1-2-18(22)20-16-12-15-10-6-7-11-17(15)21(13-16)19(23)14-8-4-3-5-9-14/h2,14-17H,1,3-13H2,(H,20,22). The fraction of sp³-hybridized carbons (Fsp3) is 0.789. The van der Waals surface area contributed by atoms with Gasteiger partial charge in [0.25, 0.3) is 0 Å². The first-order chi connectivity index (χ1) is 11.2. The van der Waals surface area contributed by atoms with Gasteiger partial charge in [0, 0.05) is 24.5 Å². The van der Waals surface area contributed by atoms with Gasteiger partial charge >= 0.3 is 0 Å². The molecule has 0 aromatic rings. The van der Waals surface area contributed by atoms with Gasteiger partial charge in [-0.3, -0.25) is 9.59 Å². The lowest BCUT2D eigenvalue weighted by molar-refractivity contribution is -0.144. The van der Waals surface area contributed by atoms with Gasteiger partial charge in [0.1, 0.15) is 0 Å². The Morgan fingerprint density at radius 1 is 1.00 bits per heavy atom. The van der Waals surface area contributed by atoms with Crippen LogP contribution < -0.4 is 5.32 Å². The zero-order chi connectivity index (χ0) is 16.2. The van der Waals surface area contributed by atoms with E-state index >= 15 is 0 Å². The van der Waals surface area contributed by atoms with Gasteiger partial charge in [-0.1, -0.05) is 38.7 Å². The lowest BCUT2D eigenvalue weighted by atomic mass is 9.76.